The van der Waals surface area contributed by atoms with Crippen molar-refractivity contribution in [2.45, 2.75) is 32.4 Å². The van der Waals surface area contributed by atoms with Crippen molar-refractivity contribution in [2.24, 2.45) is 0 Å². The van der Waals surface area contributed by atoms with Gasteiger partial charge < -0.3 is 14.8 Å². The number of rotatable bonds is 8. The maximum absolute atomic E-state index is 5.77. The fourth-order valence-electron chi connectivity index (χ4n) is 2.95. The Labute approximate surface area is 148 Å². The van der Waals surface area contributed by atoms with E-state index >= 15 is 0 Å². The smallest absolute Gasteiger partial charge is 0.175 e. The second-order valence-corrected chi connectivity index (χ2v) is 6.65. The Balaban J connectivity index is 2.13. The minimum atomic E-state index is 0.466. The van der Waals surface area contributed by atoms with Gasteiger partial charge in [0, 0.05) is 19.1 Å². The van der Waals surface area contributed by atoms with E-state index in [1.54, 1.807) is 6.08 Å². The van der Waals surface area contributed by atoms with Gasteiger partial charge >= 0.3 is 0 Å². The van der Waals surface area contributed by atoms with Crippen molar-refractivity contribution >= 4 is 15.9 Å². The topological polar surface area (TPSA) is 33.7 Å². The number of ether oxygens (including phenoxy) is 2. The minimum Gasteiger partial charge on any atom is -0.490 e. The number of piperidine rings is 1. The van der Waals surface area contributed by atoms with E-state index in [9.17, 15) is 0 Å². The van der Waals surface area contributed by atoms with Crippen molar-refractivity contribution in [3.63, 3.8) is 0 Å². The van der Waals surface area contributed by atoms with Crippen LogP contribution in [0.25, 0.3) is 0 Å². The average Bonchev–Trinajstić information content (AvgIpc) is 2.54. The van der Waals surface area contributed by atoms with Crippen LogP contribution in [0.2, 0.25) is 0 Å². The first-order chi connectivity index (χ1) is 11.2. The molecule has 0 spiro atoms. The molecule has 0 radical (unpaired) electrons. The van der Waals surface area contributed by atoms with E-state index < -0.39 is 0 Å². The molecule has 1 aromatic carbocycles. The third-order valence-corrected chi connectivity index (χ3v) is 4.62. The molecule has 0 saturated carbocycles. The van der Waals surface area contributed by atoms with Gasteiger partial charge in [0.15, 0.2) is 11.5 Å². The van der Waals surface area contributed by atoms with Crippen LogP contribution >= 0.6 is 15.9 Å². The summed E-state index contributed by atoms with van der Waals surface area (Å²) in [6, 6.07) is 4.81. The molecule has 0 aliphatic carbocycles. The molecule has 1 aromatic rings. The van der Waals surface area contributed by atoms with Crippen LogP contribution in [0.5, 0.6) is 11.5 Å². The molecule has 23 heavy (non-hydrogen) atoms. The Hall–Kier alpha value is -1.04. The van der Waals surface area contributed by atoms with E-state index in [2.05, 4.69) is 44.9 Å². The number of halogens is 1. The van der Waals surface area contributed by atoms with Crippen LogP contribution in [0.4, 0.5) is 0 Å². The summed E-state index contributed by atoms with van der Waals surface area (Å²) in [4.78, 5) is 2.49. The van der Waals surface area contributed by atoms with Gasteiger partial charge in [-0.05, 0) is 67.0 Å². The molecule has 1 saturated heterocycles. The van der Waals surface area contributed by atoms with E-state index in [1.807, 2.05) is 14.0 Å². The summed E-state index contributed by atoms with van der Waals surface area (Å²) in [6.45, 7) is 9.93. The third kappa shape index (κ3) is 5.23. The fourth-order valence-corrected chi connectivity index (χ4v) is 3.55. The molecular formula is C18H27BrN2O2. The summed E-state index contributed by atoms with van der Waals surface area (Å²) in [7, 11) is 2.05. The Morgan fingerprint density at radius 2 is 2.26 bits per heavy atom. The van der Waals surface area contributed by atoms with Crippen LogP contribution in [0.1, 0.15) is 25.3 Å². The summed E-state index contributed by atoms with van der Waals surface area (Å²) in [6.07, 6.45) is 4.24. The van der Waals surface area contributed by atoms with Crippen LogP contribution in [0.3, 0.4) is 0 Å². The summed E-state index contributed by atoms with van der Waals surface area (Å²) in [5, 5.41) is 3.39. The Morgan fingerprint density at radius 3 is 2.96 bits per heavy atom. The quantitative estimate of drug-likeness (QED) is 0.696. The number of hydrogen-bond donors (Lipinski definition) is 1. The van der Waals surface area contributed by atoms with Crippen LogP contribution in [-0.2, 0) is 6.54 Å². The Kier molecular flexibility index (Phi) is 7.40. The molecule has 0 aromatic heterocycles. The molecule has 1 unspecified atom stereocenters. The highest BCUT2D eigenvalue weighted by Crippen LogP contribution is 2.37. The first kappa shape index (κ1) is 18.3. The maximum atomic E-state index is 5.77. The largest absolute Gasteiger partial charge is 0.490 e. The molecule has 128 valence electrons. The van der Waals surface area contributed by atoms with Gasteiger partial charge in [-0.25, -0.2) is 0 Å². The van der Waals surface area contributed by atoms with Gasteiger partial charge in [-0.2, -0.15) is 0 Å². The third-order valence-electron chi connectivity index (χ3n) is 4.03. The first-order valence-electron chi connectivity index (χ1n) is 8.26. The predicted octanol–water partition coefficient (Wildman–Crippen LogP) is 3.60. The number of likely N-dealkylation sites (N-methyl/N-ethyl adjacent to an activating group) is 1. The van der Waals surface area contributed by atoms with Gasteiger partial charge in [0.25, 0.3) is 0 Å². The molecule has 1 aliphatic heterocycles. The molecule has 0 bridgehead atoms. The highest BCUT2D eigenvalue weighted by molar-refractivity contribution is 9.10. The molecule has 1 atom stereocenters. The predicted molar refractivity (Wildman–Crippen MR) is 98.4 cm³/mol. The van der Waals surface area contributed by atoms with Gasteiger partial charge in [0.05, 0.1) is 11.1 Å². The van der Waals surface area contributed by atoms with Crippen molar-refractivity contribution in [3.8, 4) is 11.5 Å². The van der Waals surface area contributed by atoms with Crippen molar-refractivity contribution in [1.82, 2.24) is 10.2 Å². The maximum Gasteiger partial charge on any atom is 0.175 e. The van der Waals surface area contributed by atoms with Crippen LogP contribution in [0.15, 0.2) is 29.3 Å². The number of benzene rings is 1. The van der Waals surface area contributed by atoms with Crippen LogP contribution in [0, 0.1) is 0 Å². The van der Waals surface area contributed by atoms with E-state index in [-0.39, 0.29) is 0 Å². The van der Waals surface area contributed by atoms with E-state index in [1.165, 1.54) is 18.4 Å². The lowest BCUT2D eigenvalue weighted by Gasteiger charge is -2.32. The standard InChI is InChI=1S/C18H27BrN2O2/c1-4-9-23-18-16(19)10-14(11-17(18)22-5-2)12-21-8-6-7-15(13-21)20-3/h4,10-11,15,20H,1,5-9,12-13H2,2-3H3. The van der Waals surface area contributed by atoms with Gasteiger partial charge in [0.2, 0.25) is 0 Å². The Morgan fingerprint density at radius 1 is 1.43 bits per heavy atom. The molecule has 0 amide bonds. The van der Waals surface area contributed by atoms with Crippen molar-refractivity contribution in [3.05, 3.63) is 34.8 Å². The highest BCUT2D eigenvalue weighted by Gasteiger charge is 2.20. The molecule has 1 N–H and O–H groups in total. The number of likely N-dealkylation sites (tertiary alicyclic amines) is 1. The number of nitrogens with one attached hydrogen (secondary N) is 1. The summed E-state index contributed by atoms with van der Waals surface area (Å²) in [5.74, 6) is 1.54. The molecule has 5 heteroatoms. The van der Waals surface area contributed by atoms with E-state index in [0.29, 0.717) is 19.3 Å². The van der Waals surface area contributed by atoms with Gasteiger partial charge in [0.1, 0.15) is 6.61 Å². The average molecular weight is 383 g/mol. The zero-order valence-electron chi connectivity index (χ0n) is 14.1. The van der Waals surface area contributed by atoms with Crippen molar-refractivity contribution in [1.29, 1.82) is 0 Å². The SMILES string of the molecule is C=CCOc1c(Br)cc(CN2CCCC(NC)C2)cc1OCC. The van der Waals surface area contributed by atoms with Crippen LogP contribution < -0.4 is 14.8 Å². The summed E-state index contributed by atoms with van der Waals surface area (Å²) >= 11 is 3.62. The summed E-state index contributed by atoms with van der Waals surface area (Å²) < 4.78 is 12.4. The van der Waals surface area contributed by atoms with E-state index in [0.717, 1.165) is 35.6 Å². The normalized spacial score (nSPS) is 18.7. The van der Waals surface area contributed by atoms with Crippen LogP contribution in [-0.4, -0.2) is 44.3 Å². The Bertz CT molecular complexity index is 522. The number of nitrogens with zero attached hydrogens (tertiary/aromatic N) is 1. The lowest BCUT2D eigenvalue weighted by molar-refractivity contribution is 0.187. The molecule has 1 aliphatic rings. The molecule has 1 heterocycles. The second-order valence-electron chi connectivity index (χ2n) is 5.80. The molecule has 1 fully saturated rings. The summed E-state index contributed by atoms with van der Waals surface area (Å²) in [5.41, 5.74) is 1.24. The van der Waals surface area contributed by atoms with Gasteiger partial charge in [-0.1, -0.05) is 12.7 Å². The fraction of sp³-hybridized carbons (Fsp3) is 0.556. The molecular weight excluding hydrogens is 356 g/mol. The number of hydrogen-bond acceptors (Lipinski definition) is 4. The monoisotopic (exact) mass is 382 g/mol. The lowest BCUT2D eigenvalue weighted by Crippen LogP contribution is -2.43. The lowest BCUT2D eigenvalue weighted by atomic mass is 10.0. The molecule has 2 rings (SSSR count). The first-order valence-corrected chi connectivity index (χ1v) is 9.05. The van der Waals surface area contributed by atoms with Crippen molar-refractivity contribution in [2.75, 3.05) is 33.4 Å². The van der Waals surface area contributed by atoms with Gasteiger partial charge in [-0.3, -0.25) is 4.90 Å². The zero-order valence-corrected chi connectivity index (χ0v) is 15.7. The van der Waals surface area contributed by atoms with E-state index in [4.69, 9.17) is 9.47 Å². The second kappa shape index (κ2) is 9.30. The van der Waals surface area contributed by atoms with Gasteiger partial charge in [-0.15, -0.1) is 0 Å². The zero-order chi connectivity index (χ0) is 16.7. The highest BCUT2D eigenvalue weighted by atomic mass is 79.9. The van der Waals surface area contributed by atoms with Crippen molar-refractivity contribution < 1.29 is 9.47 Å². The molecule has 4 nitrogen and oxygen atoms in total. The minimum absolute atomic E-state index is 0.466.